The van der Waals surface area contributed by atoms with Crippen LogP contribution in [0, 0.1) is 0 Å². The Balaban J connectivity index is 1.67. The molecular formula is C18H27N7O7S. The fourth-order valence-corrected chi connectivity index (χ4v) is 4.44. The molecule has 1 amide bonds. The van der Waals surface area contributed by atoms with Crippen LogP contribution in [0.15, 0.2) is 12.7 Å². The highest BCUT2D eigenvalue weighted by Crippen LogP contribution is 2.44. The number of nitrogens with two attached hydrogens (primary N) is 2. The summed E-state index contributed by atoms with van der Waals surface area (Å²) < 4.78 is 49.8. The molecule has 14 nitrogen and oxygen atoms in total. The minimum Gasteiger partial charge on any atom is -0.443 e. The number of carbonyl (C=O) groups excluding carboxylic acids is 1. The molecule has 0 radical (unpaired) electrons. The Kier molecular flexibility index (Phi) is 5.52. The van der Waals surface area contributed by atoms with E-state index in [0.717, 1.165) is 0 Å². The van der Waals surface area contributed by atoms with Gasteiger partial charge in [0.15, 0.2) is 23.5 Å². The molecule has 2 saturated heterocycles. The molecule has 2 fully saturated rings. The van der Waals surface area contributed by atoms with Crippen LogP contribution >= 0.6 is 0 Å². The minimum absolute atomic E-state index is 0.194. The van der Waals surface area contributed by atoms with Crippen LogP contribution in [0.2, 0.25) is 0 Å². The molecule has 0 bridgehead atoms. The fourth-order valence-electron chi connectivity index (χ4n) is 3.84. The molecule has 4 atom stereocenters. The Labute approximate surface area is 190 Å². The molecule has 182 valence electrons. The van der Waals surface area contributed by atoms with Gasteiger partial charge in [0.05, 0.1) is 12.9 Å². The summed E-state index contributed by atoms with van der Waals surface area (Å²) in [4.78, 5) is 25.0. The molecule has 0 aromatic carbocycles. The lowest BCUT2D eigenvalue weighted by atomic mass is 10.1. The van der Waals surface area contributed by atoms with Crippen molar-refractivity contribution in [2.45, 2.75) is 70.5 Å². The van der Waals surface area contributed by atoms with Crippen LogP contribution in [0.1, 0.15) is 40.8 Å². The average Bonchev–Trinajstić information content (AvgIpc) is 3.29. The van der Waals surface area contributed by atoms with Crippen molar-refractivity contribution in [3.05, 3.63) is 12.7 Å². The first-order valence-corrected chi connectivity index (χ1v) is 11.6. The molecule has 2 aliphatic heterocycles. The highest BCUT2D eigenvalue weighted by Gasteiger charge is 2.57. The quantitative estimate of drug-likeness (QED) is 0.605. The van der Waals surface area contributed by atoms with Crippen molar-refractivity contribution < 1.29 is 32.2 Å². The van der Waals surface area contributed by atoms with Gasteiger partial charge in [-0.05, 0) is 34.6 Å². The number of rotatable bonds is 4. The third kappa shape index (κ3) is 4.59. The van der Waals surface area contributed by atoms with E-state index in [9.17, 15) is 13.2 Å². The molecular weight excluding hydrogens is 458 g/mol. The maximum Gasteiger partial charge on any atom is 0.425 e. The van der Waals surface area contributed by atoms with Crippen LogP contribution in [0.4, 0.5) is 10.6 Å². The molecule has 0 saturated carbocycles. The molecule has 2 aromatic rings. The van der Waals surface area contributed by atoms with Gasteiger partial charge >= 0.3 is 16.3 Å². The first-order chi connectivity index (χ1) is 15.2. The van der Waals surface area contributed by atoms with Crippen molar-refractivity contribution in [3.8, 4) is 0 Å². The number of aromatic nitrogens is 4. The Morgan fingerprint density at radius 3 is 2.55 bits per heavy atom. The van der Waals surface area contributed by atoms with Crippen LogP contribution in [-0.4, -0.2) is 74.6 Å². The number of carbonyl (C=O) groups is 1. The summed E-state index contributed by atoms with van der Waals surface area (Å²) in [5.74, 6) is -0.794. The standard InChI is InChI=1S/C18H27N7O7S/c1-17(2,3)32-16(26)25(33(20,27)28)6-9-11-12(31-18(4,5)30-11)15(29-9)24-8-23-10-13(19)21-7-22-14(10)24/h7-9,11-12,15H,6H2,1-5H3,(H2,19,21,22)(H2,20,27,28). The Hall–Kier alpha value is -2.59. The maximum absolute atomic E-state index is 12.6. The second kappa shape index (κ2) is 7.73. The van der Waals surface area contributed by atoms with Gasteiger partial charge in [0, 0.05) is 0 Å². The van der Waals surface area contributed by atoms with E-state index >= 15 is 0 Å². The summed E-state index contributed by atoms with van der Waals surface area (Å²) in [5, 5.41) is 5.31. The topological polar surface area (TPSA) is 187 Å². The molecule has 4 N–H and O–H groups in total. The van der Waals surface area contributed by atoms with E-state index in [1.165, 1.54) is 12.7 Å². The van der Waals surface area contributed by atoms with E-state index < -0.39 is 58.8 Å². The first kappa shape index (κ1) is 23.6. The summed E-state index contributed by atoms with van der Waals surface area (Å²) in [6.07, 6.45) is -1.49. The van der Waals surface area contributed by atoms with Gasteiger partial charge in [-0.25, -0.2) is 24.9 Å². The molecule has 4 rings (SSSR count). The predicted molar refractivity (Wildman–Crippen MR) is 114 cm³/mol. The number of amides is 1. The van der Waals surface area contributed by atoms with Crippen LogP contribution in [0.3, 0.4) is 0 Å². The van der Waals surface area contributed by atoms with Gasteiger partial charge in [-0.2, -0.15) is 12.7 Å². The fraction of sp³-hybridized carbons (Fsp3) is 0.667. The number of hydrogen-bond donors (Lipinski definition) is 2. The van der Waals surface area contributed by atoms with Crippen LogP contribution in [0.5, 0.6) is 0 Å². The van der Waals surface area contributed by atoms with Crippen molar-refractivity contribution in [3.63, 3.8) is 0 Å². The third-order valence-corrected chi connectivity index (χ3v) is 5.95. The second-order valence-corrected chi connectivity index (χ2v) is 10.7. The van der Waals surface area contributed by atoms with Crippen molar-refractivity contribution >= 4 is 33.3 Å². The number of imidazole rings is 1. The largest absolute Gasteiger partial charge is 0.443 e. The summed E-state index contributed by atoms with van der Waals surface area (Å²) in [6.45, 7) is 7.82. The zero-order chi connectivity index (χ0) is 24.3. The zero-order valence-corrected chi connectivity index (χ0v) is 19.6. The van der Waals surface area contributed by atoms with Crippen molar-refractivity contribution in [1.29, 1.82) is 0 Å². The van der Waals surface area contributed by atoms with Crippen LogP contribution in [-0.2, 0) is 29.2 Å². The molecule has 33 heavy (non-hydrogen) atoms. The van der Waals surface area contributed by atoms with Gasteiger partial charge in [0.1, 0.15) is 35.8 Å². The number of nitrogen functional groups attached to an aromatic ring is 1. The highest BCUT2D eigenvalue weighted by molar-refractivity contribution is 7.87. The van der Waals surface area contributed by atoms with Crippen molar-refractivity contribution in [2.75, 3.05) is 12.3 Å². The van der Waals surface area contributed by atoms with E-state index in [0.29, 0.717) is 15.5 Å². The number of anilines is 1. The Morgan fingerprint density at radius 1 is 1.24 bits per heavy atom. The molecule has 0 aliphatic carbocycles. The number of nitrogens with zero attached hydrogens (tertiary/aromatic N) is 5. The second-order valence-electron chi connectivity index (χ2n) is 9.27. The predicted octanol–water partition coefficient (Wildman–Crippen LogP) is 0.267. The van der Waals surface area contributed by atoms with Gasteiger partial charge in [-0.15, -0.1) is 0 Å². The molecule has 4 unspecified atom stereocenters. The Morgan fingerprint density at radius 2 is 1.91 bits per heavy atom. The number of hydrogen-bond acceptors (Lipinski definition) is 11. The monoisotopic (exact) mass is 485 g/mol. The van der Waals surface area contributed by atoms with Gasteiger partial charge in [-0.1, -0.05) is 0 Å². The Bertz CT molecular complexity index is 1180. The van der Waals surface area contributed by atoms with E-state index in [-0.39, 0.29) is 5.82 Å². The van der Waals surface area contributed by atoms with E-state index in [1.807, 2.05) is 0 Å². The highest BCUT2D eigenvalue weighted by atomic mass is 32.2. The van der Waals surface area contributed by atoms with Gasteiger partial charge < -0.3 is 24.7 Å². The summed E-state index contributed by atoms with van der Waals surface area (Å²) in [7, 11) is -4.47. The molecule has 2 aromatic heterocycles. The van der Waals surface area contributed by atoms with Crippen LogP contribution < -0.4 is 10.9 Å². The number of ether oxygens (including phenoxy) is 4. The van der Waals surface area contributed by atoms with E-state index in [4.69, 9.17) is 29.8 Å². The van der Waals surface area contributed by atoms with Crippen molar-refractivity contribution in [2.24, 2.45) is 5.14 Å². The van der Waals surface area contributed by atoms with Gasteiger partial charge in [0.2, 0.25) is 0 Å². The molecule has 15 heteroatoms. The average molecular weight is 486 g/mol. The summed E-state index contributed by atoms with van der Waals surface area (Å²) >= 11 is 0. The molecule has 4 heterocycles. The summed E-state index contributed by atoms with van der Waals surface area (Å²) in [6, 6.07) is 0. The van der Waals surface area contributed by atoms with E-state index in [1.54, 1.807) is 39.2 Å². The minimum atomic E-state index is -4.47. The van der Waals surface area contributed by atoms with Gasteiger partial charge in [0.25, 0.3) is 0 Å². The third-order valence-electron chi connectivity index (χ3n) is 5.04. The summed E-state index contributed by atoms with van der Waals surface area (Å²) in [5.41, 5.74) is 5.71. The molecule has 2 aliphatic rings. The molecule has 0 spiro atoms. The first-order valence-electron chi connectivity index (χ1n) is 10.1. The normalized spacial score (nSPS) is 27.0. The SMILES string of the molecule is CC(C)(C)OC(=O)N(CC1OC(n2cnc3c(N)ncnc32)C2OC(C)(C)OC12)S(N)(=O)=O. The lowest BCUT2D eigenvalue weighted by Crippen LogP contribution is -2.49. The van der Waals surface area contributed by atoms with Crippen molar-refractivity contribution in [1.82, 2.24) is 23.8 Å². The van der Waals surface area contributed by atoms with Gasteiger partial charge in [-0.3, -0.25) is 4.57 Å². The zero-order valence-electron chi connectivity index (χ0n) is 18.8. The lowest BCUT2D eigenvalue weighted by molar-refractivity contribution is -0.196. The lowest BCUT2D eigenvalue weighted by Gasteiger charge is -2.29. The number of fused-ring (bicyclic) bond motifs is 2. The smallest absolute Gasteiger partial charge is 0.425 e. The van der Waals surface area contributed by atoms with Crippen LogP contribution in [0.25, 0.3) is 11.2 Å². The van der Waals surface area contributed by atoms with E-state index in [2.05, 4.69) is 15.0 Å². The maximum atomic E-state index is 12.6.